The van der Waals surface area contributed by atoms with Crippen molar-refractivity contribution in [1.82, 2.24) is 4.90 Å². The fourth-order valence-electron chi connectivity index (χ4n) is 3.94. The third kappa shape index (κ3) is 3.68. The summed E-state index contributed by atoms with van der Waals surface area (Å²) in [6, 6.07) is 8.32. The molecular weight excluding hydrogens is 360 g/mol. The van der Waals surface area contributed by atoms with Gasteiger partial charge in [-0.05, 0) is 79.6 Å². The molecule has 1 fully saturated rings. The van der Waals surface area contributed by atoms with Crippen LogP contribution in [0.5, 0.6) is 5.75 Å². The summed E-state index contributed by atoms with van der Waals surface area (Å²) in [6.07, 6.45) is 7.10. The zero-order valence-corrected chi connectivity index (χ0v) is 16.5. The van der Waals surface area contributed by atoms with Crippen molar-refractivity contribution in [3.63, 3.8) is 0 Å². The van der Waals surface area contributed by atoms with Crippen molar-refractivity contribution in [3.8, 4) is 5.75 Å². The molecule has 4 rings (SSSR count). The highest BCUT2D eigenvalue weighted by Gasteiger charge is 2.31. The van der Waals surface area contributed by atoms with Gasteiger partial charge in [0.05, 0.1) is 23.9 Å². The Balaban J connectivity index is 1.62. The summed E-state index contributed by atoms with van der Waals surface area (Å²) in [5.41, 5.74) is 2.56. The van der Waals surface area contributed by atoms with E-state index < -0.39 is 0 Å². The van der Waals surface area contributed by atoms with Gasteiger partial charge in [-0.1, -0.05) is 0 Å². The first-order valence-electron chi connectivity index (χ1n) is 9.80. The molecule has 0 unspecified atom stereocenters. The number of fused-ring (bicyclic) bond motifs is 3. The van der Waals surface area contributed by atoms with E-state index in [0.29, 0.717) is 18.1 Å². The first-order chi connectivity index (χ1) is 13.2. The lowest BCUT2D eigenvalue weighted by Crippen LogP contribution is -2.35. The maximum atomic E-state index is 13.0. The van der Waals surface area contributed by atoms with E-state index in [-0.39, 0.29) is 11.9 Å². The standard InChI is InChI=1S/C22H25ClN2O2/c1-15-10-16-11-19-20(24-14-18-6-5-8-25(18)22(19)26)12-17(16)13-21(15)27-9-4-2-3-7-23/h10-14,18H,2-9H2,1H3/t18-/m0/s1. The number of benzene rings is 2. The number of carbonyl (C=O) groups excluding carboxylic acids is 1. The van der Waals surface area contributed by atoms with Crippen molar-refractivity contribution in [2.75, 3.05) is 19.0 Å². The third-order valence-electron chi connectivity index (χ3n) is 5.46. The summed E-state index contributed by atoms with van der Waals surface area (Å²) in [6.45, 7) is 3.57. The van der Waals surface area contributed by atoms with Crippen LogP contribution in [0.15, 0.2) is 29.3 Å². The van der Waals surface area contributed by atoms with E-state index in [1.165, 1.54) is 0 Å². The van der Waals surface area contributed by atoms with Gasteiger partial charge in [0, 0.05) is 18.6 Å². The Hall–Kier alpha value is -2.07. The van der Waals surface area contributed by atoms with Crippen LogP contribution in [-0.2, 0) is 0 Å². The van der Waals surface area contributed by atoms with Crippen molar-refractivity contribution in [2.24, 2.45) is 4.99 Å². The van der Waals surface area contributed by atoms with E-state index >= 15 is 0 Å². The lowest BCUT2D eigenvalue weighted by atomic mass is 10.0. The molecule has 27 heavy (non-hydrogen) atoms. The van der Waals surface area contributed by atoms with Crippen LogP contribution in [0.1, 0.15) is 48.0 Å². The van der Waals surface area contributed by atoms with Crippen molar-refractivity contribution in [1.29, 1.82) is 0 Å². The summed E-state index contributed by atoms with van der Waals surface area (Å²) in [7, 11) is 0. The molecule has 1 amide bonds. The molecular formula is C22H25ClN2O2. The minimum Gasteiger partial charge on any atom is -0.493 e. The number of hydrogen-bond acceptors (Lipinski definition) is 3. The molecule has 2 aromatic carbocycles. The molecule has 0 saturated carbocycles. The second kappa shape index (κ2) is 7.89. The summed E-state index contributed by atoms with van der Waals surface area (Å²) < 4.78 is 5.99. The minimum absolute atomic E-state index is 0.101. The van der Waals surface area contributed by atoms with Gasteiger partial charge in [-0.2, -0.15) is 0 Å². The summed E-state index contributed by atoms with van der Waals surface area (Å²) in [4.78, 5) is 19.5. The summed E-state index contributed by atoms with van der Waals surface area (Å²) in [5, 5.41) is 2.11. The topological polar surface area (TPSA) is 41.9 Å². The molecule has 2 heterocycles. The second-order valence-corrected chi connectivity index (χ2v) is 7.80. The van der Waals surface area contributed by atoms with Gasteiger partial charge in [-0.3, -0.25) is 9.79 Å². The van der Waals surface area contributed by atoms with E-state index in [2.05, 4.69) is 24.0 Å². The first-order valence-corrected chi connectivity index (χ1v) is 10.3. The van der Waals surface area contributed by atoms with Gasteiger partial charge in [0.25, 0.3) is 5.91 Å². The lowest BCUT2D eigenvalue weighted by Gasteiger charge is -2.20. The third-order valence-corrected chi connectivity index (χ3v) is 5.73. The predicted octanol–water partition coefficient (Wildman–Crippen LogP) is 5.26. The maximum absolute atomic E-state index is 13.0. The zero-order valence-electron chi connectivity index (χ0n) is 15.7. The number of carbonyl (C=O) groups is 1. The van der Waals surface area contributed by atoms with Crippen LogP contribution >= 0.6 is 11.6 Å². The Morgan fingerprint density at radius 3 is 2.89 bits per heavy atom. The molecule has 0 aliphatic carbocycles. The Morgan fingerprint density at radius 1 is 1.19 bits per heavy atom. The summed E-state index contributed by atoms with van der Waals surface area (Å²) >= 11 is 5.72. The molecule has 0 spiro atoms. The van der Waals surface area contributed by atoms with Crippen molar-refractivity contribution in [2.45, 2.75) is 45.1 Å². The quantitative estimate of drug-likeness (QED) is 0.503. The van der Waals surface area contributed by atoms with E-state index in [1.54, 1.807) is 0 Å². The summed E-state index contributed by atoms with van der Waals surface area (Å²) in [5.74, 6) is 1.71. The van der Waals surface area contributed by atoms with E-state index in [1.807, 2.05) is 23.2 Å². The molecule has 4 nitrogen and oxygen atoms in total. The van der Waals surface area contributed by atoms with Crippen molar-refractivity contribution in [3.05, 3.63) is 35.4 Å². The zero-order chi connectivity index (χ0) is 18.8. The number of aliphatic imine (C=N–C) groups is 1. The van der Waals surface area contributed by atoms with Crippen LogP contribution in [0.25, 0.3) is 10.8 Å². The van der Waals surface area contributed by atoms with Crippen LogP contribution in [0.4, 0.5) is 5.69 Å². The molecule has 2 aromatic rings. The van der Waals surface area contributed by atoms with Crippen LogP contribution in [0, 0.1) is 6.92 Å². The second-order valence-electron chi connectivity index (χ2n) is 7.42. The van der Waals surface area contributed by atoms with Gasteiger partial charge in [0.15, 0.2) is 0 Å². The number of rotatable bonds is 6. The first kappa shape index (κ1) is 18.3. The smallest absolute Gasteiger partial charge is 0.256 e. The number of amides is 1. The molecule has 0 N–H and O–H groups in total. The molecule has 0 aromatic heterocycles. The fourth-order valence-corrected chi connectivity index (χ4v) is 4.13. The molecule has 0 radical (unpaired) electrons. The predicted molar refractivity (Wildman–Crippen MR) is 111 cm³/mol. The van der Waals surface area contributed by atoms with Gasteiger partial charge < -0.3 is 9.64 Å². The number of alkyl halides is 1. The van der Waals surface area contributed by atoms with Crippen LogP contribution in [-0.4, -0.2) is 42.1 Å². The van der Waals surface area contributed by atoms with Gasteiger partial charge in [0.1, 0.15) is 5.75 Å². The molecule has 1 saturated heterocycles. The molecule has 142 valence electrons. The van der Waals surface area contributed by atoms with Gasteiger partial charge in [0.2, 0.25) is 0 Å². The van der Waals surface area contributed by atoms with Crippen molar-refractivity contribution >= 4 is 40.2 Å². The highest BCUT2D eigenvalue weighted by molar-refractivity contribution is 6.17. The Morgan fingerprint density at radius 2 is 2.04 bits per heavy atom. The number of halogens is 1. The minimum atomic E-state index is 0.101. The molecule has 0 bridgehead atoms. The van der Waals surface area contributed by atoms with Crippen LogP contribution in [0.2, 0.25) is 0 Å². The SMILES string of the molecule is Cc1cc2cc3c(cc2cc1OCCCCCCl)N=C[C@@H]1CCCN1C3=O. The highest BCUT2D eigenvalue weighted by atomic mass is 35.5. The largest absolute Gasteiger partial charge is 0.493 e. The number of aryl methyl sites for hydroxylation is 1. The van der Waals surface area contributed by atoms with E-state index in [0.717, 1.165) is 66.4 Å². The molecule has 2 aliphatic rings. The number of ether oxygens (including phenoxy) is 1. The highest BCUT2D eigenvalue weighted by Crippen LogP contribution is 2.34. The average Bonchev–Trinajstić information content (AvgIpc) is 3.09. The average molecular weight is 385 g/mol. The fraction of sp³-hybridized carbons (Fsp3) is 0.455. The van der Waals surface area contributed by atoms with Gasteiger partial charge >= 0.3 is 0 Å². The normalized spacial score (nSPS) is 18.5. The number of unbranched alkanes of at least 4 members (excludes halogenated alkanes) is 2. The molecule has 5 heteroatoms. The van der Waals surface area contributed by atoms with E-state index in [4.69, 9.17) is 16.3 Å². The Bertz CT molecular complexity index is 894. The molecule has 1 atom stereocenters. The Kier molecular flexibility index (Phi) is 5.35. The molecule has 2 aliphatic heterocycles. The van der Waals surface area contributed by atoms with E-state index in [9.17, 15) is 4.79 Å². The number of nitrogens with zero attached hydrogens (tertiary/aromatic N) is 2. The monoisotopic (exact) mass is 384 g/mol. The van der Waals surface area contributed by atoms with Crippen molar-refractivity contribution < 1.29 is 9.53 Å². The lowest BCUT2D eigenvalue weighted by molar-refractivity contribution is 0.0775. The van der Waals surface area contributed by atoms with Gasteiger partial charge in [-0.25, -0.2) is 0 Å². The van der Waals surface area contributed by atoms with Crippen LogP contribution in [0.3, 0.4) is 0 Å². The van der Waals surface area contributed by atoms with Crippen LogP contribution < -0.4 is 4.74 Å². The van der Waals surface area contributed by atoms with Gasteiger partial charge in [-0.15, -0.1) is 11.6 Å². The Labute approximate surface area is 165 Å². The number of hydrogen-bond donors (Lipinski definition) is 0. The maximum Gasteiger partial charge on any atom is 0.256 e.